The Hall–Kier alpha value is -1.72. The molecule has 0 amide bonds. The van der Waals surface area contributed by atoms with Gasteiger partial charge in [0.2, 0.25) is 0 Å². The number of hydrogen-bond donors (Lipinski definition) is 1. The minimum Gasteiger partial charge on any atom is -0.479 e. The van der Waals surface area contributed by atoms with E-state index >= 15 is 0 Å². The van der Waals surface area contributed by atoms with Gasteiger partial charge in [0.05, 0.1) is 6.10 Å². The van der Waals surface area contributed by atoms with Crippen LogP contribution in [-0.2, 0) is 20.9 Å². The van der Waals surface area contributed by atoms with Crippen LogP contribution in [0, 0.1) is 0 Å². The Morgan fingerprint density at radius 2 is 2.10 bits per heavy atom. The number of carbonyl (C=O) groups excluding carboxylic acids is 1. The number of fused-ring (bicyclic) bond motifs is 1. The van der Waals surface area contributed by atoms with Crippen molar-refractivity contribution in [2.24, 2.45) is 0 Å². The molecule has 0 spiro atoms. The predicted molar refractivity (Wildman–Crippen MR) is 75.8 cm³/mol. The number of carboxylic acids is 1. The molecule has 0 radical (unpaired) electrons. The van der Waals surface area contributed by atoms with Gasteiger partial charge in [-0.05, 0) is 12.0 Å². The molecule has 5 nitrogen and oxygen atoms in total. The Kier molecular flexibility index (Phi) is 4.03. The fourth-order valence-corrected chi connectivity index (χ4v) is 3.25. The van der Waals surface area contributed by atoms with Crippen LogP contribution in [0.3, 0.4) is 0 Å². The Morgan fingerprint density at radius 3 is 2.81 bits per heavy atom. The molecule has 3 unspecified atom stereocenters. The van der Waals surface area contributed by atoms with E-state index in [0.29, 0.717) is 25.9 Å². The van der Waals surface area contributed by atoms with Crippen LogP contribution in [0.15, 0.2) is 30.3 Å². The van der Waals surface area contributed by atoms with Crippen molar-refractivity contribution in [2.45, 2.75) is 44.1 Å². The lowest BCUT2D eigenvalue weighted by Gasteiger charge is -2.45. The lowest BCUT2D eigenvalue weighted by molar-refractivity contribution is -0.178. The highest BCUT2D eigenvalue weighted by Gasteiger charge is 2.42. The number of carbonyl (C=O) groups is 2. The maximum atomic E-state index is 11.6. The van der Waals surface area contributed by atoms with Gasteiger partial charge >= 0.3 is 5.97 Å². The molecule has 5 heteroatoms. The number of ether oxygens (including phenoxy) is 1. The largest absolute Gasteiger partial charge is 0.479 e. The van der Waals surface area contributed by atoms with E-state index < -0.39 is 12.1 Å². The minimum absolute atomic E-state index is 0.138. The molecule has 0 aromatic heterocycles. The van der Waals surface area contributed by atoms with Gasteiger partial charge in [-0.2, -0.15) is 0 Å². The molecule has 112 valence electrons. The molecule has 3 atom stereocenters. The van der Waals surface area contributed by atoms with Crippen LogP contribution < -0.4 is 0 Å². The highest BCUT2D eigenvalue weighted by Crippen LogP contribution is 2.30. The maximum absolute atomic E-state index is 11.6. The van der Waals surface area contributed by atoms with Gasteiger partial charge in [0.1, 0.15) is 5.78 Å². The standard InChI is InChI=1S/C16H19NO4/c18-12-6-7-13-14(8-12)21-15(16(19)20)10-17(13)9-11-4-2-1-3-5-11/h1-5,13-15H,6-10H2,(H,19,20). The normalized spacial score (nSPS) is 29.9. The van der Waals surface area contributed by atoms with Crippen LogP contribution >= 0.6 is 0 Å². The molecule has 1 N–H and O–H groups in total. The SMILES string of the molecule is O=C1CCC2C(C1)OC(C(=O)O)CN2Cc1ccccc1. The third-order valence-electron chi connectivity index (χ3n) is 4.29. The monoisotopic (exact) mass is 289 g/mol. The molecule has 21 heavy (non-hydrogen) atoms. The van der Waals surface area contributed by atoms with Gasteiger partial charge in [0, 0.05) is 32.0 Å². The van der Waals surface area contributed by atoms with Crippen molar-refractivity contribution in [1.82, 2.24) is 4.90 Å². The van der Waals surface area contributed by atoms with Crippen molar-refractivity contribution in [3.05, 3.63) is 35.9 Å². The number of Topliss-reactive ketones (excluding diaryl/α,β-unsaturated/α-hetero) is 1. The molecule has 2 aliphatic rings. The third-order valence-corrected chi connectivity index (χ3v) is 4.29. The molecule has 1 aromatic carbocycles. The summed E-state index contributed by atoms with van der Waals surface area (Å²) in [5.41, 5.74) is 1.15. The van der Waals surface area contributed by atoms with Crippen molar-refractivity contribution in [2.75, 3.05) is 6.54 Å². The Balaban J connectivity index is 1.78. The molecule has 1 aliphatic carbocycles. The van der Waals surface area contributed by atoms with Gasteiger partial charge in [-0.15, -0.1) is 0 Å². The molecule has 1 aromatic rings. The fourth-order valence-electron chi connectivity index (χ4n) is 3.25. The number of rotatable bonds is 3. The van der Waals surface area contributed by atoms with Crippen LogP contribution in [0.2, 0.25) is 0 Å². The zero-order valence-corrected chi connectivity index (χ0v) is 11.8. The van der Waals surface area contributed by atoms with E-state index in [-0.39, 0.29) is 17.9 Å². The second kappa shape index (κ2) is 5.95. The number of benzene rings is 1. The van der Waals surface area contributed by atoms with Crippen LogP contribution in [0.4, 0.5) is 0 Å². The molecule has 0 bridgehead atoms. The van der Waals surface area contributed by atoms with E-state index in [9.17, 15) is 14.7 Å². The summed E-state index contributed by atoms with van der Waals surface area (Å²) in [6.07, 6.45) is 0.515. The van der Waals surface area contributed by atoms with Crippen molar-refractivity contribution < 1.29 is 19.4 Å². The van der Waals surface area contributed by atoms with Gasteiger partial charge in [0.15, 0.2) is 6.10 Å². The van der Waals surface area contributed by atoms with E-state index in [1.807, 2.05) is 30.3 Å². The summed E-state index contributed by atoms with van der Waals surface area (Å²) in [6.45, 7) is 1.07. The van der Waals surface area contributed by atoms with Crippen molar-refractivity contribution in [3.8, 4) is 0 Å². The van der Waals surface area contributed by atoms with Crippen molar-refractivity contribution in [3.63, 3.8) is 0 Å². The topological polar surface area (TPSA) is 66.8 Å². The Morgan fingerprint density at radius 1 is 1.33 bits per heavy atom. The second-order valence-electron chi connectivity index (χ2n) is 5.77. The highest BCUT2D eigenvalue weighted by molar-refractivity contribution is 5.80. The van der Waals surface area contributed by atoms with E-state index in [0.717, 1.165) is 12.0 Å². The molecular formula is C16H19NO4. The number of hydrogen-bond acceptors (Lipinski definition) is 4. The van der Waals surface area contributed by atoms with Crippen molar-refractivity contribution >= 4 is 11.8 Å². The summed E-state index contributed by atoms with van der Waals surface area (Å²) in [5, 5.41) is 9.24. The first kappa shape index (κ1) is 14.2. The molecule has 1 saturated carbocycles. The van der Waals surface area contributed by atoms with Crippen molar-refractivity contribution in [1.29, 1.82) is 0 Å². The summed E-state index contributed by atoms with van der Waals surface area (Å²) in [4.78, 5) is 25.0. The van der Waals surface area contributed by atoms with Gasteiger partial charge in [-0.25, -0.2) is 4.79 Å². The first-order valence-electron chi connectivity index (χ1n) is 7.31. The van der Waals surface area contributed by atoms with Gasteiger partial charge in [0.25, 0.3) is 0 Å². The lowest BCUT2D eigenvalue weighted by atomic mass is 9.88. The molecule has 1 heterocycles. The summed E-state index contributed by atoms with van der Waals surface area (Å²) >= 11 is 0. The molecule has 1 aliphatic heterocycles. The smallest absolute Gasteiger partial charge is 0.334 e. The average Bonchev–Trinajstić information content (AvgIpc) is 2.47. The first-order chi connectivity index (χ1) is 10.1. The Labute approximate surface area is 123 Å². The summed E-state index contributed by atoms with van der Waals surface area (Å²) in [7, 11) is 0. The summed E-state index contributed by atoms with van der Waals surface area (Å²) < 4.78 is 5.63. The van der Waals surface area contributed by atoms with Crippen LogP contribution in [0.1, 0.15) is 24.8 Å². The highest BCUT2D eigenvalue weighted by atomic mass is 16.5. The molecule has 3 rings (SSSR count). The second-order valence-corrected chi connectivity index (χ2v) is 5.77. The number of morpholine rings is 1. The van der Waals surface area contributed by atoms with E-state index in [4.69, 9.17) is 4.74 Å². The minimum atomic E-state index is -0.954. The molecular weight excluding hydrogens is 270 g/mol. The zero-order chi connectivity index (χ0) is 14.8. The number of ketones is 1. The predicted octanol–water partition coefficient (Wildman–Crippen LogP) is 1.46. The number of carboxylic acid groups (broad SMARTS) is 1. The van der Waals surface area contributed by atoms with Gasteiger partial charge in [-0.1, -0.05) is 30.3 Å². The maximum Gasteiger partial charge on any atom is 0.334 e. The number of aliphatic carboxylic acids is 1. The fraction of sp³-hybridized carbons (Fsp3) is 0.500. The first-order valence-corrected chi connectivity index (χ1v) is 7.31. The summed E-state index contributed by atoms with van der Waals surface area (Å²) in [6, 6.07) is 10.1. The average molecular weight is 289 g/mol. The van der Waals surface area contributed by atoms with Crippen LogP contribution in [0.5, 0.6) is 0 Å². The van der Waals surface area contributed by atoms with Gasteiger partial charge < -0.3 is 9.84 Å². The molecule has 1 saturated heterocycles. The van der Waals surface area contributed by atoms with E-state index in [2.05, 4.69) is 4.90 Å². The molecule has 2 fully saturated rings. The van der Waals surface area contributed by atoms with E-state index in [1.165, 1.54) is 0 Å². The van der Waals surface area contributed by atoms with Gasteiger partial charge in [-0.3, -0.25) is 9.69 Å². The summed E-state index contributed by atoms with van der Waals surface area (Å²) in [5.74, 6) is -0.786. The quantitative estimate of drug-likeness (QED) is 0.912. The Bertz CT molecular complexity index is 530. The van der Waals surface area contributed by atoms with Crippen LogP contribution in [-0.4, -0.2) is 46.6 Å². The number of nitrogens with zero attached hydrogens (tertiary/aromatic N) is 1. The third kappa shape index (κ3) is 3.14. The van der Waals surface area contributed by atoms with Crippen LogP contribution in [0.25, 0.3) is 0 Å². The van der Waals surface area contributed by atoms with E-state index in [1.54, 1.807) is 0 Å². The zero-order valence-electron chi connectivity index (χ0n) is 11.8. The lowest BCUT2D eigenvalue weighted by Crippen LogP contribution is -2.58.